The van der Waals surface area contributed by atoms with Crippen molar-refractivity contribution in [3.8, 4) is 0 Å². The average molecular weight is 301 g/mol. The van der Waals surface area contributed by atoms with Gasteiger partial charge in [-0.15, -0.1) is 11.3 Å². The Labute approximate surface area is 103 Å². The average Bonchev–Trinajstić information content (AvgIpc) is 2.77. The first-order valence-electron chi connectivity index (χ1n) is 4.31. The first kappa shape index (κ1) is 11.2. The normalized spacial score (nSPS) is 10.1. The van der Waals surface area contributed by atoms with Crippen LogP contribution in [0.4, 0.5) is 10.1 Å². The van der Waals surface area contributed by atoms with Crippen LogP contribution in [0, 0.1) is 5.82 Å². The fourth-order valence-corrected chi connectivity index (χ4v) is 2.00. The van der Waals surface area contributed by atoms with E-state index in [0.29, 0.717) is 15.9 Å². The van der Waals surface area contributed by atoms with Crippen LogP contribution in [-0.2, 0) is 0 Å². The number of hydrogen-bond donors (Lipinski definition) is 1. The Kier molecular flexibility index (Phi) is 3.31. The molecule has 1 aromatic carbocycles. The molecule has 2 rings (SSSR count). The van der Waals surface area contributed by atoms with Crippen molar-refractivity contribution in [3.05, 3.63) is 45.1 Å². The van der Waals surface area contributed by atoms with Gasteiger partial charge in [-0.2, -0.15) is 0 Å². The minimum Gasteiger partial charge on any atom is -0.321 e. The Bertz CT molecular complexity index is 516. The van der Waals surface area contributed by atoms with Gasteiger partial charge in [0.2, 0.25) is 0 Å². The molecule has 1 aromatic heterocycles. The molecule has 0 atom stereocenters. The van der Waals surface area contributed by atoms with Crippen LogP contribution in [0.5, 0.6) is 0 Å². The van der Waals surface area contributed by atoms with Gasteiger partial charge in [0.05, 0.1) is 9.98 Å². The zero-order valence-corrected chi connectivity index (χ0v) is 10.3. The summed E-state index contributed by atoms with van der Waals surface area (Å²) in [6, 6.07) is 4.27. The molecular weight excluding hydrogens is 295 g/mol. The molecule has 82 valence electrons. The predicted molar refractivity (Wildman–Crippen MR) is 64.2 cm³/mol. The number of thiazole rings is 1. The number of hydrogen-bond acceptors (Lipinski definition) is 3. The molecule has 1 heterocycles. The maximum Gasteiger partial charge on any atom is 0.275 e. The van der Waals surface area contributed by atoms with Crippen LogP contribution in [-0.4, -0.2) is 10.9 Å². The fraction of sp³-hybridized carbons (Fsp3) is 0. The van der Waals surface area contributed by atoms with Crippen molar-refractivity contribution in [2.24, 2.45) is 0 Å². The van der Waals surface area contributed by atoms with Gasteiger partial charge in [0.25, 0.3) is 5.91 Å². The summed E-state index contributed by atoms with van der Waals surface area (Å²) in [5.74, 6) is -0.675. The number of benzene rings is 1. The van der Waals surface area contributed by atoms with Crippen LogP contribution in [0.1, 0.15) is 10.5 Å². The summed E-state index contributed by atoms with van der Waals surface area (Å²) in [7, 11) is 0. The molecule has 0 aliphatic rings. The fourth-order valence-electron chi connectivity index (χ4n) is 1.09. The molecule has 0 aliphatic heterocycles. The highest BCUT2D eigenvalue weighted by Gasteiger charge is 2.08. The second-order valence-corrected chi connectivity index (χ2v) is 4.53. The summed E-state index contributed by atoms with van der Waals surface area (Å²) in [5, 5.41) is 4.27. The molecule has 1 N–H and O–H groups in total. The van der Waals surface area contributed by atoms with E-state index in [-0.39, 0.29) is 11.7 Å². The summed E-state index contributed by atoms with van der Waals surface area (Å²) in [6.07, 6.45) is 0. The zero-order valence-electron chi connectivity index (χ0n) is 7.91. The van der Waals surface area contributed by atoms with Crippen LogP contribution in [0.25, 0.3) is 0 Å². The van der Waals surface area contributed by atoms with Crippen LogP contribution >= 0.6 is 27.3 Å². The van der Waals surface area contributed by atoms with Crippen molar-refractivity contribution in [1.82, 2.24) is 4.98 Å². The number of nitrogens with one attached hydrogen (secondary N) is 1. The van der Waals surface area contributed by atoms with E-state index >= 15 is 0 Å². The monoisotopic (exact) mass is 300 g/mol. The minimum atomic E-state index is -0.369. The zero-order chi connectivity index (χ0) is 11.5. The highest BCUT2D eigenvalue weighted by molar-refractivity contribution is 9.10. The van der Waals surface area contributed by atoms with E-state index in [9.17, 15) is 9.18 Å². The van der Waals surface area contributed by atoms with E-state index in [1.54, 1.807) is 10.9 Å². The number of carbonyl (C=O) groups is 1. The van der Waals surface area contributed by atoms with E-state index in [2.05, 4.69) is 26.2 Å². The van der Waals surface area contributed by atoms with E-state index in [4.69, 9.17) is 0 Å². The smallest absolute Gasteiger partial charge is 0.275 e. The van der Waals surface area contributed by atoms with E-state index in [1.807, 2.05) is 0 Å². The molecule has 0 spiro atoms. The lowest BCUT2D eigenvalue weighted by molar-refractivity contribution is 0.102. The second kappa shape index (κ2) is 4.71. The van der Waals surface area contributed by atoms with Gasteiger partial charge in [0.15, 0.2) is 0 Å². The maximum atomic E-state index is 12.9. The molecule has 0 saturated heterocycles. The van der Waals surface area contributed by atoms with Crippen molar-refractivity contribution in [2.45, 2.75) is 0 Å². The lowest BCUT2D eigenvalue weighted by Gasteiger charge is -2.03. The maximum absolute atomic E-state index is 12.9. The highest BCUT2D eigenvalue weighted by Crippen LogP contribution is 2.20. The van der Waals surface area contributed by atoms with Gasteiger partial charge >= 0.3 is 0 Å². The molecule has 0 fully saturated rings. The number of halogens is 2. The van der Waals surface area contributed by atoms with Crippen LogP contribution in [0.2, 0.25) is 0 Å². The van der Waals surface area contributed by atoms with Gasteiger partial charge in [-0.1, -0.05) is 0 Å². The van der Waals surface area contributed by atoms with Crippen LogP contribution in [0.15, 0.2) is 33.6 Å². The van der Waals surface area contributed by atoms with Gasteiger partial charge in [-0.25, -0.2) is 9.37 Å². The summed E-state index contributed by atoms with van der Waals surface area (Å²) in [4.78, 5) is 15.5. The topological polar surface area (TPSA) is 42.0 Å². The Morgan fingerprint density at radius 3 is 2.94 bits per heavy atom. The highest BCUT2D eigenvalue weighted by atomic mass is 79.9. The van der Waals surface area contributed by atoms with E-state index in [0.717, 1.165) is 0 Å². The Morgan fingerprint density at radius 1 is 1.50 bits per heavy atom. The quantitative estimate of drug-likeness (QED) is 0.924. The number of amides is 1. The molecule has 0 saturated carbocycles. The molecule has 6 heteroatoms. The molecule has 1 amide bonds. The Hall–Kier alpha value is -1.27. The SMILES string of the molecule is O=C(Nc1ccc(F)c(Br)c1)c1cscn1. The molecule has 0 bridgehead atoms. The number of aromatic nitrogens is 1. The molecule has 3 nitrogen and oxygen atoms in total. The van der Waals surface area contributed by atoms with Gasteiger partial charge in [-0.3, -0.25) is 4.79 Å². The third-order valence-electron chi connectivity index (χ3n) is 1.84. The summed E-state index contributed by atoms with van der Waals surface area (Å²) in [5.41, 5.74) is 2.45. The van der Waals surface area contributed by atoms with E-state index < -0.39 is 0 Å². The van der Waals surface area contributed by atoms with Gasteiger partial charge in [0.1, 0.15) is 11.5 Å². The number of nitrogens with zero attached hydrogens (tertiary/aromatic N) is 1. The lowest BCUT2D eigenvalue weighted by Crippen LogP contribution is -2.12. The number of anilines is 1. The number of carbonyl (C=O) groups excluding carboxylic acids is 1. The minimum absolute atomic E-state index is 0.306. The predicted octanol–water partition coefficient (Wildman–Crippen LogP) is 3.30. The van der Waals surface area contributed by atoms with E-state index in [1.165, 1.54) is 29.5 Å². The van der Waals surface area contributed by atoms with Crippen molar-refractivity contribution in [1.29, 1.82) is 0 Å². The largest absolute Gasteiger partial charge is 0.321 e. The first-order chi connectivity index (χ1) is 7.66. The Balaban J connectivity index is 2.15. The van der Waals surface area contributed by atoms with Crippen molar-refractivity contribution >= 4 is 38.9 Å². The van der Waals surface area contributed by atoms with Gasteiger partial charge in [-0.05, 0) is 34.1 Å². The molecule has 16 heavy (non-hydrogen) atoms. The van der Waals surface area contributed by atoms with Gasteiger partial charge in [0, 0.05) is 11.1 Å². The lowest BCUT2D eigenvalue weighted by atomic mass is 10.3. The third-order valence-corrected chi connectivity index (χ3v) is 3.04. The van der Waals surface area contributed by atoms with Crippen LogP contribution < -0.4 is 5.32 Å². The summed E-state index contributed by atoms with van der Waals surface area (Å²) >= 11 is 4.39. The third kappa shape index (κ3) is 2.45. The molecule has 0 radical (unpaired) electrons. The standard InChI is InChI=1S/C10H6BrFN2OS/c11-7-3-6(1-2-8(7)12)14-10(15)9-4-16-5-13-9/h1-5H,(H,14,15). The number of rotatable bonds is 2. The van der Waals surface area contributed by atoms with Crippen molar-refractivity contribution in [3.63, 3.8) is 0 Å². The molecular formula is C10H6BrFN2OS. The molecule has 2 aromatic rings. The van der Waals surface area contributed by atoms with Gasteiger partial charge < -0.3 is 5.32 Å². The van der Waals surface area contributed by atoms with Crippen molar-refractivity contribution < 1.29 is 9.18 Å². The second-order valence-electron chi connectivity index (χ2n) is 2.96. The van der Waals surface area contributed by atoms with Crippen molar-refractivity contribution in [2.75, 3.05) is 5.32 Å². The summed E-state index contributed by atoms with van der Waals surface area (Å²) < 4.78 is 13.2. The first-order valence-corrected chi connectivity index (χ1v) is 6.05. The summed E-state index contributed by atoms with van der Waals surface area (Å²) in [6.45, 7) is 0. The van der Waals surface area contributed by atoms with Crippen LogP contribution in [0.3, 0.4) is 0 Å². The Morgan fingerprint density at radius 2 is 2.31 bits per heavy atom. The molecule has 0 unspecified atom stereocenters. The molecule has 0 aliphatic carbocycles.